The van der Waals surface area contributed by atoms with Gasteiger partial charge in [0.25, 0.3) is 0 Å². The molecule has 0 amide bonds. The van der Waals surface area contributed by atoms with Crippen molar-refractivity contribution in [2.24, 2.45) is 0 Å². The van der Waals surface area contributed by atoms with Crippen molar-refractivity contribution in [1.29, 1.82) is 0 Å². The van der Waals surface area contributed by atoms with Crippen LogP contribution in [0.25, 0.3) is 89.2 Å². The Balaban J connectivity index is 1.22. The molecule has 2 heteroatoms. The molecular weight excluding hydrogens is 665 g/mol. The highest BCUT2D eigenvalue weighted by atomic mass is 14.9. The van der Waals surface area contributed by atoms with Crippen molar-refractivity contribution in [2.75, 3.05) is 0 Å². The molecule has 0 spiro atoms. The smallest absolute Gasteiger partial charge is 0.160 e. The Morgan fingerprint density at radius 2 is 0.873 bits per heavy atom. The molecule has 0 saturated heterocycles. The van der Waals surface area contributed by atoms with E-state index in [9.17, 15) is 0 Å². The minimum absolute atomic E-state index is 0.136. The molecule has 1 aliphatic carbocycles. The van der Waals surface area contributed by atoms with Crippen LogP contribution < -0.4 is 0 Å². The van der Waals surface area contributed by atoms with E-state index in [1.807, 2.05) is 6.07 Å². The highest BCUT2D eigenvalue weighted by molar-refractivity contribution is 5.99. The molecular formula is C53H38N2. The minimum Gasteiger partial charge on any atom is -0.228 e. The fourth-order valence-electron chi connectivity index (χ4n) is 8.47. The van der Waals surface area contributed by atoms with E-state index < -0.39 is 0 Å². The van der Waals surface area contributed by atoms with Gasteiger partial charge in [-0.2, -0.15) is 0 Å². The third-order valence-electron chi connectivity index (χ3n) is 11.3. The Morgan fingerprint density at radius 3 is 1.60 bits per heavy atom. The van der Waals surface area contributed by atoms with Gasteiger partial charge in [0.15, 0.2) is 5.82 Å². The summed E-state index contributed by atoms with van der Waals surface area (Å²) < 4.78 is 0. The van der Waals surface area contributed by atoms with Crippen LogP contribution in [0.15, 0.2) is 194 Å². The van der Waals surface area contributed by atoms with E-state index in [1.165, 1.54) is 38.6 Å². The van der Waals surface area contributed by atoms with E-state index in [0.717, 1.165) is 55.9 Å². The van der Waals surface area contributed by atoms with Crippen LogP contribution in [0.3, 0.4) is 0 Å². The summed E-state index contributed by atoms with van der Waals surface area (Å²) >= 11 is 0. The molecule has 0 radical (unpaired) electrons. The lowest BCUT2D eigenvalue weighted by atomic mass is 9.81. The summed E-state index contributed by atoms with van der Waals surface area (Å²) in [5, 5.41) is 2.54. The van der Waals surface area contributed by atoms with Gasteiger partial charge < -0.3 is 0 Å². The highest BCUT2D eigenvalue weighted by Gasteiger charge is 2.37. The number of benzene rings is 8. The fraction of sp³-hybridized carbons (Fsp3) is 0.0566. The number of rotatable bonds is 6. The van der Waals surface area contributed by atoms with E-state index in [1.54, 1.807) is 0 Å². The van der Waals surface area contributed by atoms with Crippen LogP contribution in [0.1, 0.15) is 25.0 Å². The van der Waals surface area contributed by atoms with Gasteiger partial charge in [-0.25, -0.2) is 9.97 Å². The molecule has 10 rings (SSSR count). The van der Waals surface area contributed by atoms with E-state index in [2.05, 4.69) is 202 Å². The summed E-state index contributed by atoms with van der Waals surface area (Å²) in [5.41, 5.74) is 17.1. The molecule has 55 heavy (non-hydrogen) atoms. The quantitative estimate of drug-likeness (QED) is 0.172. The molecule has 1 aromatic heterocycles. The van der Waals surface area contributed by atoms with Crippen LogP contribution in [0, 0.1) is 0 Å². The van der Waals surface area contributed by atoms with Crippen molar-refractivity contribution >= 4 is 10.8 Å². The summed E-state index contributed by atoms with van der Waals surface area (Å²) in [6.07, 6.45) is 0. The zero-order valence-corrected chi connectivity index (χ0v) is 30.9. The number of hydrogen-bond acceptors (Lipinski definition) is 2. The normalized spacial score (nSPS) is 12.7. The number of fused-ring (bicyclic) bond motifs is 4. The first-order chi connectivity index (χ1) is 27.0. The number of nitrogens with zero attached hydrogens (tertiary/aromatic N) is 2. The van der Waals surface area contributed by atoms with Gasteiger partial charge in [0.05, 0.1) is 11.4 Å². The first-order valence-corrected chi connectivity index (χ1v) is 19.0. The summed E-state index contributed by atoms with van der Waals surface area (Å²) in [4.78, 5) is 10.6. The van der Waals surface area contributed by atoms with Gasteiger partial charge in [0, 0.05) is 22.1 Å². The number of aromatic nitrogens is 2. The lowest BCUT2D eigenvalue weighted by Gasteiger charge is -2.22. The zero-order chi connectivity index (χ0) is 36.9. The van der Waals surface area contributed by atoms with Crippen molar-refractivity contribution in [2.45, 2.75) is 19.3 Å². The summed E-state index contributed by atoms with van der Waals surface area (Å²) in [5.74, 6) is 0.700. The van der Waals surface area contributed by atoms with E-state index in [4.69, 9.17) is 9.97 Å². The second-order valence-corrected chi connectivity index (χ2v) is 15.0. The monoisotopic (exact) mass is 702 g/mol. The predicted molar refractivity (Wildman–Crippen MR) is 230 cm³/mol. The molecule has 1 heterocycles. The maximum Gasteiger partial charge on any atom is 0.160 e. The molecule has 1 aliphatic rings. The van der Waals surface area contributed by atoms with E-state index in [-0.39, 0.29) is 5.41 Å². The van der Waals surface area contributed by atoms with Crippen LogP contribution in [-0.2, 0) is 5.41 Å². The molecule has 0 aliphatic heterocycles. The first kappa shape index (κ1) is 32.7. The van der Waals surface area contributed by atoms with Gasteiger partial charge in [-0.05, 0) is 103 Å². The molecule has 0 bridgehead atoms. The van der Waals surface area contributed by atoms with Crippen LogP contribution in [0.5, 0.6) is 0 Å². The van der Waals surface area contributed by atoms with Crippen LogP contribution in [0.2, 0.25) is 0 Å². The Bertz CT molecular complexity index is 2870. The second kappa shape index (κ2) is 13.2. The Kier molecular flexibility index (Phi) is 7.85. The third kappa shape index (κ3) is 5.75. The second-order valence-electron chi connectivity index (χ2n) is 15.0. The van der Waals surface area contributed by atoms with Crippen molar-refractivity contribution in [3.8, 4) is 78.4 Å². The van der Waals surface area contributed by atoms with Crippen molar-refractivity contribution in [3.05, 3.63) is 205 Å². The Hall–Kier alpha value is -6.90. The Morgan fingerprint density at radius 1 is 0.327 bits per heavy atom. The average Bonchev–Trinajstić information content (AvgIpc) is 3.48. The zero-order valence-electron chi connectivity index (χ0n) is 30.9. The van der Waals surface area contributed by atoms with Gasteiger partial charge >= 0.3 is 0 Å². The van der Waals surface area contributed by atoms with Gasteiger partial charge in [-0.3, -0.25) is 0 Å². The maximum atomic E-state index is 5.33. The lowest BCUT2D eigenvalue weighted by molar-refractivity contribution is 0.661. The molecule has 0 saturated carbocycles. The van der Waals surface area contributed by atoms with Crippen LogP contribution in [0.4, 0.5) is 0 Å². The molecule has 8 aromatic carbocycles. The van der Waals surface area contributed by atoms with Crippen molar-refractivity contribution in [3.63, 3.8) is 0 Å². The average molecular weight is 703 g/mol. The molecule has 0 fully saturated rings. The lowest BCUT2D eigenvalue weighted by Crippen LogP contribution is -2.14. The maximum absolute atomic E-state index is 5.33. The molecule has 0 atom stereocenters. The number of hydrogen-bond donors (Lipinski definition) is 0. The standard InChI is InChI=1S/C53H38N2/c1-53(2)47-28-16-27-44(51(47)46-32-38-23-12-13-24-39(38)33-48(46)53)41-29-40(35-17-6-3-7-18-35)30-42(31-41)49-34-50(55-52(54-49)37-21-10-5-11-22-37)45-26-15-14-25-43(45)36-19-8-4-9-20-36/h3-34H,1-2H3. The molecule has 2 nitrogen and oxygen atoms in total. The first-order valence-electron chi connectivity index (χ1n) is 19.0. The van der Waals surface area contributed by atoms with Gasteiger partial charge in [-0.15, -0.1) is 0 Å². The van der Waals surface area contributed by atoms with Crippen LogP contribution in [-0.4, -0.2) is 9.97 Å². The molecule has 0 N–H and O–H groups in total. The fourth-order valence-corrected chi connectivity index (χ4v) is 8.47. The summed E-state index contributed by atoms with van der Waals surface area (Å²) in [6, 6.07) is 69.6. The summed E-state index contributed by atoms with van der Waals surface area (Å²) in [7, 11) is 0. The van der Waals surface area contributed by atoms with E-state index in [0.29, 0.717) is 5.82 Å². The molecule has 0 unspecified atom stereocenters. The minimum atomic E-state index is -0.136. The topological polar surface area (TPSA) is 25.8 Å². The van der Waals surface area contributed by atoms with Gasteiger partial charge in [-0.1, -0.05) is 172 Å². The van der Waals surface area contributed by atoms with Crippen molar-refractivity contribution < 1.29 is 0 Å². The summed E-state index contributed by atoms with van der Waals surface area (Å²) in [6.45, 7) is 4.73. The third-order valence-corrected chi connectivity index (χ3v) is 11.3. The van der Waals surface area contributed by atoms with Gasteiger partial charge in [0.2, 0.25) is 0 Å². The SMILES string of the molecule is CC1(C)c2cc3ccccc3cc2-c2c(-c3cc(-c4ccccc4)cc(-c4cc(-c5ccccc5-c5ccccc5)nc(-c5ccccc5)n4)c3)cccc21. The largest absolute Gasteiger partial charge is 0.228 e. The molecule has 9 aromatic rings. The van der Waals surface area contributed by atoms with E-state index >= 15 is 0 Å². The Labute approximate surface area is 322 Å². The van der Waals surface area contributed by atoms with Crippen molar-refractivity contribution in [1.82, 2.24) is 9.97 Å². The highest BCUT2D eigenvalue weighted by Crippen LogP contribution is 2.53. The predicted octanol–water partition coefficient (Wildman–Crippen LogP) is 13.9. The molecule has 260 valence electrons. The van der Waals surface area contributed by atoms with Crippen LogP contribution >= 0.6 is 0 Å². The van der Waals surface area contributed by atoms with Gasteiger partial charge in [0.1, 0.15) is 0 Å².